The lowest BCUT2D eigenvalue weighted by Gasteiger charge is -2.06. The normalized spacial score (nSPS) is 14.3. The van der Waals surface area contributed by atoms with E-state index in [2.05, 4.69) is 20.5 Å². The molecule has 1 saturated carbocycles. The van der Waals surface area contributed by atoms with Crippen molar-refractivity contribution in [2.24, 2.45) is 0 Å². The van der Waals surface area contributed by atoms with E-state index in [0.29, 0.717) is 16.2 Å². The maximum absolute atomic E-state index is 11.2. The Kier molecular flexibility index (Phi) is 3.87. The molecule has 0 saturated heterocycles. The van der Waals surface area contributed by atoms with Gasteiger partial charge in [0.05, 0.1) is 11.6 Å². The second-order valence-corrected chi connectivity index (χ2v) is 5.97. The lowest BCUT2D eigenvalue weighted by atomic mass is 10.2. The number of carboxylic acids is 1. The first-order chi connectivity index (χ1) is 10.2. The Morgan fingerprint density at radius 1 is 1.48 bits per heavy atom. The van der Waals surface area contributed by atoms with Crippen molar-refractivity contribution in [3.8, 4) is 0 Å². The highest BCUT2D eigenvalue weighted by Gasteiger charge is 2.28. The molecule has 2 aromatic heterocycles. The highest BCUT2D eigenvalue weighted by atomic mass is 32.2. The zero-order valence-electron chi connectivity index (χ0n) is 11.6. The van der Waals surface area contributed by atoms with Crippen molar-refractivity contribution in [2.45, 2.75) is 48.8 Å². The molecule has 0 amide bonds. The van der Waals surface area contributed by atoms with Gasteiger partial charge in [-0.3, -0.25) is 0 Å². The predicted molar refractivity (Wildman–Crippen MR) is 75.4 cm³/mol. The lowest BCUT2D eigenvalue weighted by molar-refractivity contribution is 0.0696. The summed E-state index contributed by atoms with van der Waals surface area (Å²) in [4.78, 5) is 15.7. The third-order valence-corrected chi connectivity index (χ3v) is 4.03. The number of hydrogen-bond acceptors (Lipinski definition) is 6. The number of aromatic nitrogens is 5. The molecule has 1 aliphatic carbocycles. The molecule has 0 radical (unpaired) electrons. The Hall–Kier alpha value is -1.96. The number of carboxylic acid groups (broad SMARTS) is 1. The van der Waals surface area contributed by atoms with E-state index >= 15 is 0 Å². The van der Waals surface area contributed by atoms with Crippen LogP contribution >= 0.6 is 11.8 Å². The molecule has 2 heterocycles. The third kappa shape index (κ3) is 3.21. The molecule has 0 aromatic carbocycles. The van der Waals surface area contributed by atoms with Crippen LogP contribution in [0, 0.1) is 0 Å². The molecule has 3 rings (SSSR count). The van der Waals surface area contributed by atoms with Gasteiger partial charge in [-0.1, -0.05) is 13.3 Å². The molecule has 0 aliphatic heterocycles. The Morgan fingerprint density at radius 2 is 2.29 bits per heavy atom. The summed E-state index contributed by atoms with van der Waals surface area (Å²) in [6.07, 6.45) is 3.84. The molecule has 0 spiro atoms. The van der Waals surface area contributed by atoms with E-state index in [4.69, 9.17) is 0 Å². The first-order valence-electron chi connectivity index (χ1n) is 6.87. The molecule has 7 nitrogen and oxygen atoms in total. The number of tetrazole rings is 1. The van der Waals surface area contributed by atoms with Gasteiger partial charge >= 0.3 is 5.97 Å². The molecule has 110 valence electrons. The smallest absolute Gasteiger partial charge is 0.335 e. The number of rotatable bonds is 6. The van der Waals surface area contributed by atoms with E-state index in [0.717, 1.165) is 31.4 Å². The number of nitrogens with zero attached hydrogens (tertiary/aromatic N) is 5. The number of aryl methyl sites for hydroxylation is 1. The van der Waals surface area contributed by atoms with Crippen LogP contribution in [0.3, 0.4) is 0 Å². The Labute approximate surface area is 125 Å². The number of hydrogen-bond donors (Lipinski definition) is 1. The zero-order valence-corrected chi connectivity index (χ0v) is 12.4. The van der Waals surface area contributed by atoms with Gasteiger partial charge in [-0.2, -0.15) is 0 Å². The number of aromatic carboxylic acids is 1. The minimum Gasteiger partial charge on any atom is -0.478 e. The molecular weight excluding hydrogens is 290 g/mol. The van der Waals surface area contributed by atoms with Gasteiger partial charge in [0.15, 0.2) is 0 Å². The summed E-state index contributed by atoms with van der Waals surface area (Å²) in [5.41, 5.74) is 1.03. The minimum absolute atomic E-state index is 0.251. The van der Waals surface area contributed by atoms with Crippen LogP contribution in [0.4, 0.5) is 0 Å². The molecule has 1 fully saturated rings. The van der Waals surface area contributed by atoms with Gasteiger partial charge in [-0.05, 0) is 53.6 Å². The molecule has 0 bridgehead atoms. The SMILES string of the molecule is CCCc1cc(C(=O)O)cc(Sc2nnnn2C2CC2)n1. The fourth-order valence-corrected chi connectivity index (χ4v) is 2.91. The van der Waals surface area contributed by atoms with Crippen LogP contribution < -0.4 is 0 Å². The van der Waals surface area contributed by atoms with Crippen molar-refractivity contribution >= 4 is 17.7 Å². The fourth-order valence-electron chi connectivity index (χ4n) is 2.01. The summed E-state index contributed by atoms with van der Waals surface area (Å²) < 4.78 is 1.79. The molecule has 2 aromatic rings. The topological polar surface area (TPSA) is 93.8 Å². The quantitative estimate of drug-likeness (QED) is 0.874. The van der Waals surface area contributed by atoms with Crippen LogP contribution in [0.25, 0.3) is 0 Å². The number of carbonyl (C=O) groups is 1. The van der Waals surface area contributed by atoms with Gasteiger partial charge < -0.3 is 5.11 Å². The van der Waals surface area contributed by atoms with Gasteiger partial charge in [0, 0.05) is 5.69 Å². The van der Waals surface area contributed by atoms with E-state index in [-0.39, 0.29) is 5.56 Å². The van der Waals surface area contributed by atoms with Crippen LogP contribution in [0.1, 0.15) is 48.3 Å². The molecule has 1 N–H and O–H groups in total. The van der Waals surface area contributed by atoms with Gasteiger partial charge in [0.25, 0.3) is 0 Å². The van der Waals surface area contributed by atoms with Crippen LogP contribution in [-0.2, 0) is 6.42 Å². The lowest BCUT2D eigenvalue weighted by Crippen LogP contribution is -2.03. The summed E-state index contributed by atoms with van der Waals surface area (Å²) in [6, 6.07) is 3.57. The minimum atomic E-state index is -0.946. The highest BCUT2D eigenvalue weighted by molar-refractivity contribution is 7.99. The van der Waals surface area contributed by atoms with E-state index in [1.165, 1.54) is 11.8 Å². The summed E-state index contributed by atoms with van der Waals surface area (Å²) >= 11 is 1.31. The van der Waals surface area contributed by atoms with Gasteiger partial charge in [-0.15, -0.1) is 5.10 Å². The summed E-state index contributed by atoms with van der Waals surface area (Å²) in [5, 5.41) is 22.2. The van der Waals surface area contributed by atoms with E-state index in [1.807, 2.05) is 6.92 Å². The van der Waals surface area contributed by atoms with Crippen LogP contribution in [0.15, 0.2) is 22.3 Å². The average Bonchev–Trinajstić information content (AvgIpc) is 3.19. The molecule has 0 atom stereocenters. The van der Waals surface area contributed by atoms with E-state index in [1.54, 1.807) is 16.8 Å². The second-order valence-electron chi connectivity index (χ2n) is 4.98. The first kappa shape index (κ1) is 14.0. The maximum Gasteiger partial charge on any atom is 0.335 e. The monoisotopic (exact) mass is 305 g/mol. The zero-order chi connectivity index (χ0) is 14.8. The predicted octanol–water partition coefficient (Wildman–Crippen LogP) is 2.20. The van der Waals surface area contributed by atoms with Crippen molar-refractivity contribution in [1.82, 2.24) is 25.2 Å². The van der Waals surface area contributed by atoms with Crippen molar-refractivity contribution in [2.75, 3.05) is 0 Å². The number of pyridine rings is 1. The first-order valence-corrected chi connectivity index (χ1v) is 7.69. The van der Waals surface area contributed by atoms with Crippen molar-refractivity contribution < 1.29 is 9.90 Å². The summed E-state index contributed by atoms with van der Waals surface area (Å²) in [6.45, 7) is 2.04. The Bertz CT molecular complexity index is 668. The highest BCUT2D eigenvalue weighted by Crippen LogP contribution is 2.37. The molecule has 21 heavy (non-hydrogen) atoms. The fraction of sp³-hybridized carbons (Fsp3) is 0.462. The Balaban J connectivity index is 1.89. The summed E-state index contributed by atoms with van der Waals surface area (Å²) in [7, 11) is 0. The van der Waals surface area contributed by atoms with Crippen LogP contribution in [-0.4, -0.2) is 36.3 Å². The Morgan fingerprint density at radius 3 is 2.95 bits per heavy atom. The molecule has 1 aliphatic rings. The maximum atomic E-state index is 11.2. The van der Waals surface area contributed by atoms with Crippen molar-refractivity contribution in [3.05, 3.63) is 23.4 Å². The van der Waals surface area contributed by atoms with Crippen LogP contribution in [0.5, 0.6) is 0 Å². The van der Waals surface area contributed by atoms with Crippen LogP contribution in [0.2, 0.25) is 0 Å². The summed E-state index contributed by atoms with van der Waals surface area (Å²) in [5.74, 6) is -0.946. The molecule has 0 unspecified atom stereocenters. The average molecular weight is 305 g/mol. The van der Waals surface area contributed by atoms with Crippen molar-refractivity contribution in [1.29, 1.82) is 0 Å². The van der Waals surface area contributed by atoms with E-state index in [9.17, 15) is 9.90 Å². The van der Waals surface area contributed by atoms with Crippen molar-refractivity contribution in [3.63, 3.8) is 0 Å². The van der Waals surface area contributed by atoms with Gasteiger partial charge in [0.2, 0.25) is 5.16 Å². The van der Waals surface area contributed by atoms with E-state index < -0.39 is 5.97 Å². The standard InChI is InChI=1S/C13H15N5O2S/c1-2-3-9-6-8(12(19)20)7-11(14-9)21-13-15-16-17-18(13)10-4-5-10/h6-7,10H,2-5H2,1H3,(H,19,20). The molecule has 8 heteroatoms. The van der Waals surface area contributed by atoms with Gasteiger partial charge in [-0.25, -0.2) is 14.5 Å². The third-order valence-electron chi connectivity index (χ3n) is 3.16. The second kappa shape index (κ2) is 5.80. The van der Waals surface area contributed by atoms with Gasteiger partial charge in [0.1, 0.15) is 5.03 Å². The molecular formula is C13H15N5O2S. The largest absolute Gasteiger partial charge is 0.478 e.